The highest BCUT2D eigenvalue weighted by atomic mass is 32.2. The third kappa shape index (κ3) is 4.20. The number of nitriles is 1. The number of hydrogen-bond acceptors (Lipinski definition) is 5. The van der Waals surface area contributed by atoms with Gasteiger partial charge < -0.3 is 16.2 Å². The predicted octanol–water partition coefficient (Wildman–Crippen LogP) is -0.0600. The predicted molar refractivity (Wildman–Crippen MR) is 67.8 cm³/mol. The topological polar surface area (TPSA) is 116 Å². The minimum atomic E-state index is -1.08. The largest absolute Gasteiger partial charge is 0.480 e. The molecular formula is C11H17N3O3S. The molecule has 100 valence electrons. The second-order valence-electron chi connectivity index (χ2n) is 4.60. The van der Waals surface area contributed by atoms with Crippen molar-refractivity contribution in [3.63, 3.8) is 0 Å². The minimum absolute atomic E-state index is 0.116. The van der Waals surface area contributed by atoms with E-state index in [2.05, 4.69) is 11.4 Å². The van der Waals surface area contributed by atoms with E-state index in [0.29, 0.717) is 0 Å². The van der Waals surface area contributed by atoms with E-state index < -0.39 is 17.6 Å². The van der Waals surface area contributed by atoms with Crippen molar-refractivity contribution in [1.82, 2.24) is 5.32 Å². The Labute approximate surface area is 110 Å². The lowest BCUT2D eigenvalue weighted by atomic mass is 9.98. The average Bonchev–Trinajstić information content (AvgIpc) is 3.12. The van der Waals surface area contributed by atoms with Crippen LogP contribution in [0.1, 0.15) is 19.8 Å². The molecule has 0 spiro atoms. The number of carbonyl (C=O) groups is 2. The highest BCUT2D eigenvalue weighted by Crippen LogP contribution is 2.39. The number of carbonyl (C=O) groups excluding carboxylic acids is 1. The van der Waals surface area contributed by atoms with Crippen LogP contribution in [0.15, 0.2) is 0 Å². The number of hydrogen-bond donors (Lipinski definition) is 3. The normalized spacial score (nSPS) is 19.4. The maximum Gasteiger partial charge on any atom is 0.321 e. The van der Waals surface area contributed by atoms with Gasteiger partial charge in [0.2, 0.25) is 5.91 Å². The molecular weight excluding hydrogens is 254 g/mol. The van der Waals surface area contributed by atoms with E-state index in [-0.39, 0.29) is 23.3 Å². The molecule has 4 N–H and O–H groups in total. The summed E-state index contributed by atoms with van der Waals surface area (Å²) in [6, 6.07) is 1.16. The standard InChI is InChI=1S/C11H17N3O3S/c1-11(6-12,7-2-3-7)14-9(15)5-18-4-8(13)10(16)17/h7-8H,2-5,13H2,1H3,(H,14,15)(H,16,17)/t8-,11?/m0/s1. The van der Waals surface area contributed by atoms with Gasteiger partial charge in [-0.05, 0) is 25.7 Å². The maximum absolute atomic E-state index is 11.6. The lowest BCUT2D eigenvalue weighted by Crippen LogP contribution is -2.47. The number of nitrogens with one attached hydrogen (secondary N) is 1. The number of carboxylic acid groups (broad SMARTS) is 1. The molecule has 1 saturated carbocycles. The fourth-order valence-electron chi connectivity index (χ4n) is 1.56. The van der Waals surface area contributed by atoms with Gasteiger partial charge in [-0.15, -0.1) is 11.8 Å². The first-order valence-corrected chi connectivity index (χ1v) is 6.83. The molecule has 0 aromatic carbocycles. The Bertz CT molecular complexity index is 378. The molecule has 7 heteroatoms. The van der Waals surface area contributed by atoms with Crippen molar-refractivity contribution in [3.8, 4) is 6.07 Å². The van der Waals surface area contributed by atoms with Crippen LogP contribution >= 0.6 is 11.8 Å². The minimum Gasteiger partial charge on any atom is -0.480 e. The van der Waals surface area contributed by atoms with Crippen LogP contribution in [0.4, 0.5) is 0 Å². The zero-order valence-electron chi connectivity index (χ0n) is 10.2. The summed E-state index contributed by atoms with van der Waals surface area (Å²) in [5, 5.41) is 20.3. The molecule has 0 saturated heterocycles. The van der Waals surface area contributed by atoms with Crippen LogP contribution in [0.25, 0.3) is 0 Å². The lowest BCUT2D eigenvalue weighted by Gasteiger charge is -2.22. The summed E-state index contributed by atoms with van der Waals surface area (Å²) in [6.45, 7) is 1.72. The first-order valence-electron chi connectivity index (χ1n) is 5.67. The van der Waals surface area contributed by atoms with Crippen LogP contribution < -0.4 is 11.1 Å². The summed E-state index contributed by atoms with van der Waals surface area (Å²) in [5.74, 6) is -0.811. The second-order valence-corrected chi connectivity index (χ2v) is 5.63. The molecule has 0 heterocycles. The number of carboxylic acids is 1. The Morgan fingerprint density at radius 1 is 1.67 bits per heavy atom. The van der Waals surface area contributed by atoms with E-state index in [1.807, 2.05) is 0 Å². The highest BCUT2D eigenvalue weighted by Gasteiger charge is 2.42. The van der Waals surface area contributed by atoms with Crippen LogP contribution in [0.2, 0.25) is 0 Å². The van der Waals surface area contributed by atoms with Gasteiger partial charge >= 0.3 is 5.97 Å². The van der Waals surface area contributed by atoms with Crippen LogP contribution in [0.5, 0.6) is 0 Å². The number of thioether (sulfide) groups is 1. The number of amides is 1. The zero-order chi connectivity index (χ0) is 13.8. The molecule has 2 atom stereocenters. The van der Waals surface area contributed by atoms with Gasteiger partial charge in [-0.1, -0.05) is 0 Å². The molecule has 0 aromatic rings. The molecule has 1 aliphatic carbocycles. The third-order valence-electron chi connectivity index (χ3n) is 2.87. The highest BCUT2D eigenvalue weighted by molar-refractivity contribution is 8.00. The Kier molecular flexibility index (Phi) is 4.99. The zero-order valence-corrected chi connectivity index (χ0v) is 11.0. The van der Waals surface area contributed by atoms with Crippen LogP contribution in [0.3, 0.4) is 0 Å². The number of nitrogens with zero attached hydrogens (tertiary/aromatic N) is 1. The van der Waals surface area contributed by atoms with E-state index in [1.165, 1.54) is 0 Å². The molecule has 1 amide bonds. The van der Waals surface area contributed by atoms with E-state index >= 15 is 0 Å². The Balaban J connectivity index is 2.29. The molecule has 1 fully saturated rings. The van der Waals surface area contributed by atoms with Gasteiger partial charge in [-0.2, -0.15) is 5.26 Å². The molecule has 0 radical (unpaired) electrons. The fraction of sp³-hybridized carbons (Fsp3) is 0.727. The first kappa shape index (κ1) is 14.8. The molecule has 0 bridgehead atoms. The molecule has 1 aliphatic rings. The second kappa shape index (κ2) is 6.07. The van der Waals surface area contributed by atoms with Crippen molar-refractivity contribution in [2.45, 2.75) is 31.3 Å². The summed E-state index contributed by atoms with van der Waals surface area (Å²) in [6.07, 6.45) is 1.92. The van der Waals surface area contributed by atoms with E-state index in [0.717, 1.165) is 24.6 Å². The van der Waals surface area contributed by atoms with Crippen LogP contribution in [-0.2, 0) is 9.59 Å². The summed E-state index contributed by atoms with van der Waals surface area (Å²) < 4.78 is 0. The number of rotatable bonds is 7. The molecule has 18 heavy (non-hydrogen) atoms. The van der Waals surface area contributed by atoms with Gasteiger partial charge in [-0.25, -0.2) is 0 Å². The smallest absolute Gasteiger partial charge is 0.321 e. The number of aliphatic carboxylic acids is 1. The summed E-state index contributed by atoms with van der Waals surface area (Å²) in [4.78, 5) is 22.1. The summed E-state index contributed by atoms with van der Waals surface area (Å²) >= 11 is 1.15. The van der Waals surface area contributed by atoms with Crippen molar-refractivity contribution in [1.29, 1.82) is 5.26 Å². The molecule has 6 nitrogen and oxygen atoms in total. The maximum atomic E-state index is 11.6. The summed E-state index contributed by atoms with van der Waals surface area (Å²) in [7, 11) is 0. The Morgan fingerprint density at radius 2 is 2.28 bits per heavy atom. The van der Waals surface area contributed by atoms with Crippen LogP contribution in [0, 0.1) is 17.2 Å². The fourth-order valence-corrected chi connectivity index (χ4v) is 2.33. The van der Waals surface area contributed by atoms with Gasteiger partial charge in [0.1, 0.15) is 11.6 Å². The lowest BCUT2D eigenvalue weighted by molar-refractivity contribution is -0.138. The van der Waals surface area contributed by atoms with Gasteiger partial charge in [0.15, 0.2) is 0 Å². The third-order valence-corrected chi connectivity index (χ3v) is 3.93. The van der Waals surface area contributed by atoms with Gasteiger partial charge in [0.25, 0.3) is 0 Å². The van der Waals surface area contributed by atoms with Crippen molar-refractivity contribution in [2.75, 3.05) is 11.5 Å². The van der Waals surface area contributed by atoms with Crippen molar-refractivity contribution >= 4 is 23.6 Å². The first-order chi connectivity index (χ1) is 8.39. The monoisotopic (exact) mass is 271 g/mol. The Hall–Kier alpha value is -1.26. The van der Waals surface area contributed by atoms with Crippen molar-refractivity contribution in [3.05, 3.63) is 0 Å². The summed E-state index contributed by atoms with van der Waals surface area (Å²) in [5.41, 5.74) is 4.51. The Morgan fingerprint density at radius 3 is 2.72 bits per heavy atom. The molecule has 1 rings (SSSR count). The van der Waals surface area contributed by atoms with Gasteiger partial charge in [-0.3, -0.25) is 9.59 Å². The molecule has 0 aliphatic heterocycles. The quantitative estimate of drug-likeness (QED) is 0.597. The van der Waals surface area contributed by atoms with Gasteiger partial charge in [0.05, 0.1) is 11.8 Å². The van der Waals surface area contributed by atoms with Crippen LogP contribution in [-0.4, -0.2) is 40.1 Å². The van der Waals surface area contributed by atoms with Gasteiger partial charge in [0, 0.05) is 5.75 Å². The van der Waals surface area contributed by atoms with E-state index in [4.69, 9.17) is 16.1 Å². The number of nitrogens with two attached hydrogens (primary N) is 1. The van der Waals surface area contributed by atoms with E-state index in [1.54, 1.807) is 6.92 Å². The van der Waals surface area contributed by atoms with Crippen molar-refractivity contribution in [2.24, 2.45) is 11.7 Å². The molecule has 0 aromatic heterocycles. The average molecular weight is 271 g/mol. The molecule has 1 unspecified atom stereocenters. The van der Waals surface area contributed by atoms with E-state index in [9.17, 15) is 9.59 Å². The van der Waals surface area contributed by atoms with Crippen molar-refractivity contribution < 1.29 is 14.7 Å². The SMILES string of the molecule is CC(C#N)(NC(=O)CSC[C@H](N)C(=O)O)C1CC1.